The highest BCUT2D eigenvalue weighted by molar-refractivity contribution is 6.31. The highest BCUT2D eigenvalue weighted by atomic mass is 35.5. The van der Waals surface area contributed by atoms with Crippen LogP contribution in [0.4, 0.5) is 4.39 Å². The lowest BCUT2D eigenvalue weighted by Gasteiger charge is -2.06. The third-order valence-electron chi connectivity index (χ3n) is 2.43. The molecule has 17 heavy (non-hydrogen) atoms. The van der Waals surface area contributed by atoms with Gasteiger partial charge in [0.05, 0.1) is 12.5 Å². The molecular weight excluding hydrogens is 237 g/mol. The number of hydrogen-bond acceptors (Lipinski definition) is 1. The SMILES string of the molecule is N#CCc1cc(Cl)cc(-c2ccccc2F)c1. The van der Waals surface area contributed by atoms with Gasteiger partial charge in [0.15, 0.2) is 0 Å². The Bertz CT molecular complexity index is 587. The van der Waals surface area contributed by atoms with Gasteiger partial charge in [0.2, 0.25) is 0 Å². The van der Waals surface area contributed by atoms with E-state index in [1.807, 2.05) is 0 Å². The van der Waals surface area contributed by atoms with E-state index in [0.717, 1.165) is 5.56 Å². The van der Waals surface area contributed by atoms with Crippen LogP contribution in [0.15, 0.2) is 42.5 Å². The fourth-order valence-corrected chi connectivity index (χ4v) is 1.95. The number of rotatable bonds is 2. The van der Waals surface area contributed by atoms with Crippen molar-refractivity contribution in [2.24, 2.45) is 0 Å². The molecule has 0 heterocycles. The number of nitrogens with zero attached hydrogens (tertiary/aromatic N) is 1. The predicted octanol–water partition coefficient (Wildman–Crippen LogP) is 4.21. The molecule has 0 aliphatic heterocycles. The number of benzene rings is 2. The summed E-state index contributed by atoms with van der Waals surface area (Å²) in [5.41, 5.74) is 1.98. The average Bonchev–Trinajstić information content (AvgIpc) is 2.29. The van der Waals surface area contributed by atoms with Crippen molar-refractivity contribution in [1.29, 1.82) is 5.26 Å². The molecule has 0 aromatic heterocycles. The van der Waals surface area contributed by atoms with Crippen LogP contribution in [0.25, 0.3) is 11.1 Å². The van der Waals surface area contributed by atoms with E-state index in [1.165, 1.54) is 6.07 Å². The van der Waals surface area contributed by atoms with E-state index in [0.29, 0.717) is 16.1 Å². The quantitative estimate of drug-likeness (QED) is 0.777. The summed E-state index contributed by atoms with van der Waals surface area (Å²) in [7, 11) is 0. The van der Waals surface area contributed by atoms with Crippen molar-refractivity contribution in [2.45, 2.75) is 6.42 Å². The first kappa shape index (κ1) is 11.6. The van der Waals surface area contributed by atoms with Crippen LogP contribution in [-0.4, -0.2) is 0 Å². The third-order valence-corrected chi connectivity index (χ3v) is 2.64. The lowest BCUT2D eigenvalue weighted by molar-refractivity contribution is 0.631. The summed E-state index contributed by atoms with van der Waals surface area (Å²) in [5, 5.41) is 9.17. The Kier molecular flexibility index (Phi) is 3.41. The van der Waals surface area contributed by atoms with Gasteiger partial charge in [-0.15, -0.1) is 0 Å². The lowest BCUT2D eigenvalue weighted by atomic mass is 10.0. The minimum absolute atomic E-state index is 0.266. The van der Waals surface area contributed by atoms with Crippen molar-refractivity contribution in [3.05, 3.63) is 58.9 Å². The Labute approximate surface area is 104 Å². The highest BCUT2D eigenvalue weighted by Crippen LogP contribution is 2.27. The van der Waals surface area contributed by atoms with E-state index in [-0.39, 0.29) is 12.2 Å². The van der Waals surface area contributed by atoms with Crippen molar-refractivity contribution < 1.29 is 4.39 Å². The van der Waals surface area contributed by atoms with Gasteiger partial charge in [-0.2, -0.15) is 5.26 Å². The standard InChI is InChI=1S/C14H9ClFN/c15-12-8-10(5-6-17)7-11(9-12)13-3-1-2-4-14(13)16/h1-4,7-9H,5H2. The topological polar surface area (TPSA) is 23.8 Å². The fourth-order valence-electron chi connectivity index (χ4n) is 1.69. The molecule has 0 saturated carbocycles. The first-order chi connectivity index (χ1) is 8.20. The van der Waals surface area contributed by atoms with E-state index in [2.05, 4.69) is 6.07 Å². The minimum Gasteiger partial charge on any atom is -0.206 e. The van der Waals surface area contributed by atoms with Gasteiger partial charge < -0.3 is 0 Å². The van der Waals surface area contributed by atoms with Gasteiger partial charge in [-0.05, 0) is 35.4 Å². The normalized spacial score (nSPS) is 9.94. The molecule has 2 aromatic rings. The van der Waals surface area contributed by atoms with Gasteiger partial charge in [0.25, 0.3) is 0 Å². The first-order valence-corrected chi connectivity index (χ1v) is 5.50. The van der Waals surface area contributed by atoms with Crippen LogP contribution in [0.2, 0.25) is 5.02 Å². The van der Waals surface area contributed by atoms with Crippen molar-refractivity contribution in [1.82, 2.24) is 0 Å². The zero-order valence-electron chi connectivity index (χ0n) is 8.95. The van der Waals surface area contributed by atoms with Crippen LogP contribution in [0.3, 0.4) is 0 Å². The van der Waals surface area contributed by atoms with Gasteiger partial charge in [-0.1, -0.05) is 29.8 Å². The molecule has 2 aromatic carbocycles. The molecule has 0 atom stereocenters. The molecule has 0 aliphatic carbocycles. The minimum atomic E-state index is -0.294. The Hall–Kier alpha value is -1.85. The van der Waals surface area contributed by atoms with Crippen LogP contribution in [0.5, 0.6) is 0 Å². The van der Waals surface area contributed by atoms with E-state index < -0.39 is 0 Å². The van der Waals surface area contributed by atoms with Crippen molar-refractivity contribution in [2.75, 3.05) is 0 Å². The predicted molar refractivity (Wildman–Crippen MR) is 66.2 cm³/mol. The van der Waals surface area contributed by atoms with E-state index in [1.54, 1.807) is 36.4 Å². The molecule has 0 fully saturated rings. The molecule has 0 saturated heterocycles. The molecule has 3 heteroatoms. The van der Waals surface area contributed by atoms with Gasteiger partial charge in [0, 0.05) is 10.6 Å². The molecule has 0 bridgehead atoms. The molecule has 0 unspecified atom stereocenters. The fraction of sp³-hybridized carbons (Fsp3) is 0.0714. The van der Waals surface area contributed by atoms with E-state index in [9.17, 15) is 4.39 Å². The molecule has 0 N–H and O–H groups in total. The van der Waals surface area contributed by atoms with Crippen molar-refractivity contribution >= 4 is 11.6 Å². The molecule has 0 amide bonds. The van der Waals surface area contributed by atoms with Crippen LogP contribution in [-0.2, 0) is 6.42 Å². The maximum atomic E-state index is 13.6. The summed E-state index contributed by atoms with van der Waals surface area (Å²) in [6.45, 7) is 0. The molecule has 2 rings (SSSR count). The van der Waals surface area contributed by atoms with E-state index in [4.69, 9.17) is 16.9 Å². The Morgan fingerprint density at radius 2 is 1.94 bits per heavy atom. The molecule has 0 spiro atoms. The zero-order valence-corrected chi connectivity index (χ0v) is 9.71. The summed E-state index contributed by atoms with van der Waals surface area (Å²) >= 11 is 5.96. The van der Waals surface area contributed by atoms with Crippen LogP contribution >= 0.6 is 11.6 Å². The maximum absolute atomic E-state index is 13.6. The van der Waals surface area contributed by atoms with Gasteiger partial charge in [-0.3, -0.25) is 0 Å². The lowest BCUT2D eigenvalue weighted by Crippen LogP contribution is -1.87. The summed E-state index contributed by atoms with van der Waals surface area (Å²) in [5.74, 6) is -0.294. The van der Waals surface area contributed by atoms with Gasteiger partial charge in [0.1, 0.15) is 5.82 Å². The van der Waals surface area contributed by atoms with Crippen LogP contribution < -0.4 is 0 Å². The Morgan fingerprint density at radius 1 is 1.18 bits per heavy atom. The smallest absolute Gasteiger partial charge is 0.131 e. The molecule has 84 valence electrons. The summed E-state index contributed by atoms with van der Waals surface area (Å²) in [4.78, 5) is 0. The molecule has 1 nitrogen and oxygen atoms in total. The Morgan fingerprint density at radius 3 is 2.65 bits per heavy atom. The van der Waals surface area contributed by atoms with Gasteiger partial charge in [-0.25, -0.2) is 4.39 Å². The zero-order chi connectivity index (χ0) is 12.3. The molecule has 0 radical (unpaired) electrons. The summed E-state index contributed by atoms with van der Waals surface area (Å²) < 4.78 is 13.6. The van der Waals surface area contributed by atoms with E-state index >= 15 is 0 Å². The second kappa shape index (κ2) is 4.99. The maximum Gasteiger partial charge on any atom is 0.131 e. The van der Waals surface area contributed by atoms with Gasteiger partial charge >= 0.3 is 0 Å². The largest absolute Gasteiger partial charge is 0.206 e. The molecular formula is C14H9ClFN. The number of nitriles is 1. The summed E-state index contributed by atoms with van der Waals surface area (Å²) in [6, 6.07) is 13.8. The second-order valence-electron chi connectivity index (χ2n) is 3.66. The first-order valence-electron chi connectivity index (χ1n) is 5.12. The van der Waals surface area contributed by atoms with Crippen LogP contribution in [0, 0.1) is 17.1 Å². The number of hydrogen-bond donors (Lipinski definition) is 0. The molecule has 0 aliphatic rings. The van der Waals surface area contributed by atoms with Crippen molar-refractivity contribution in [3.8, 4) is 17.2 Å². The van der Waals surface area contributed by atoms with Crippen molar-refractivity contribution in [3.63, 3.8) is 0 Å². The second-order valence-corrected chi connectivity index (χ2v) is 4.10. The Balaban J connectivity index is 2.53. The third kappa shape index (κ3) is 2.64. The highest BCUT2D eigenvalue weighted by Gasteiger charge is 2.06. The summed E-state index contributed by atoms with van der Waals surface area (Å²) in [6.07, 6.45) is 0.266. The van der Waals surface area contributed by atoms with Crippen LogP contribution in [0.1, 0.15) is 5.56 Å². The monoisotopic (exact) mass is 245 g/mol. The average molecular weight is 246 g/mol. The number of halogens is 2.